The van der Waals surface area contributed by atoms with Crippen LogP contribution >= 0.6 is 11.6 Å². The van der Waals surface area contributed by atoms with E-state index in [1.807, 2.05) is 13.8 Å². The minimum absolute atomic E-state index is 0.0947. The van der Waals surface area contributed by atoms with E-state index < -0.39 is 10.5 Å². The van der Waals surface area contributed by atoms with Gasteiger partial charge in [0, 0.05) is 23.0 Å². The van der Waals surface area contributed by atoms with Gasteiger partial charge >= 0.3 is 0 Å². The number of carbonyl (C=O) groups is 1. The van der Waals surface area contributed by atoms with Crippen LogP contribution in [-0.4, -0.2) is 16.4 Å². The average Bonchev–Trinajstić information content (AvgIpc) is 2.25. The highest BCUT2D eigenvalue weighted by Crippen LogP contribution is 2.27. The number of hydrogen-bond acceptors (Lipinski definition) is 4. The molecule has 6 nitrogen and oxygen atoms in total. The molecular formula is C12H16ClN3O3. The second-order valence-corrected chi connectivity index (χ2v) is 5.39. The smallest absolute Gasteiger partial charge is 0.292 e. The Kier molecular flexibility index (Phi) is 4.85. The van der Waals surface area contributed by atoms with Crippen molar-refractivity contribution in [1.82, 2.24) is 0 Å². The highest BCUT2D eigenvalue weighted by atomic mass is 35.5. The molecule has 0 heterocycles. The van der Waals surface area contributed by atoms with Crippen LogP contribution in [0.25, 0.3) is 0 Å². The summed E-state index contributed by atoms with van der Waals surface area (Å²) >= 11 is 5.76. The molecule has 0 unspecified atom stereocenters. The number of anilines is 1. The average molecular weight is 286 g/mol. The molecule has 104 valence electrons. The number of nitrogens with zero attached hydrogens (tertiary/aromatic N) is 1. The largest absolute Gasteiger partial charge is 0.326 e. The molecule has 0 aliphatic rings. The Hall–Kier alpha value is -1.66. The molecule has 0 spiro atoms. The maximum atomic E-state index is 11.7. The first-order chi connectivity index (χ1) is 8.69. The van der Waals surface area contributed by atoms with Gasteiger partial charge in [-0.15, -0.1) is 0 Å². The van der Waals surface area contributed by atoms with Crippen molar-refractivity contribution in [2.24, 2.45) is 5.73 Å². The van der Waals surface area contributed by atoms with Gasteiger partial charge in [0.2, 0.25) is 5.91 Å². The second-order valence-electron chi connectivity index (χ2n) is 4.96. The van der Waals surface area contributed by atoms with E-state index in [1.54, 1.807) is 0 Å². The Morgan fingerprint density at radius 2 is 2.16 bits per heavy atom. The summed E-state index contributed by atoms with van der Waals surface area (Å²) in [6.07, 6.45) is 0.667. The Morgan fingerprint density at radius 3 is 2.68 bits per heavy atom. The zero-order valence-corrected chi connectivity index (χ0v) is 11.5. The molecule has 0 fully saturated rings. The molecule has 1 aromatic rings. The molecule has 7 heteroatoms. The highest BCUT2D eigenvalue weighted by Gasteiger charge is 2.18. The monoisotopic (exact) mass is 285 g/mol. The van der Waals surface area contributed by atoms with Gasteiger partial charge in [0.15, 0.2) is 0 Å². The van der Waals surface area contributed by atoms with Gasteiger partial charge in [-0.2, -0.15) is 0 Å². The Labute approximate surface area is 116 Å². The number of hydrogen-bond donors (Lipinski definition) is 2. The lowest BCUT2D eigenvalue weighted by Gasteiger charge is -2.17. The maximum Gasteiger partial charge on any atom is 0.292 e. The molecule has 0 saturated heterocycles. The molecule has 19 heavy (non-hydrogen) atoms. The summed E-state index contributed by atoms with van der Waals surface area (Å²) < 4.78 is 0. The summed E-state index contributed by atoms with van der Waals surface area (Å²) in [7, 11) is 0. The van der Waals surface area contributed by atoms with Crippen LogP contribution in [0.15, 0.2) is 18.2 Å². The molecule has 0 bridgehead atoms. The zero-order valence-electron chi connectivity index (χ0n) is 10.8. The van der Waals surface area contributed by atoms with Gasteiger partial charge in [0.25, 0.3) is 5.69 Å². The Morgan fingerprint density at radius 1 is 1.53 bits per heavy atom. The first-order valence-corrected chi connectivity index (χ1v) is 6.09. The van der Waals surface area contributed by atoms with E-state index in [1.165, 1.54) is 18.2 Å². The molecule has 0 radical (unpaired) electrons. The fourth-order valence-electron chi connectivity index (χ4n) is 1.42. The first kappa shape index (κ1) is 15.4. The van der Waals surface area contributed by atoms with Gasteiger partial charge < -0.3 is 11.1 Å². The van der Waals surface area contributed by atoms with Crippen molar-refractivity contribution in [3.8, 4) is 0 Å². The molecule has 0 saturated carbocycles. The Bertz CT molecular complexity index is 497. The molecule has 0 aromatic heterocycles. The standard InChI is InChI=1S/C12H16ClN3O3/c1-12(2,14)6-5-11(17)15-9-7-8(13)3-4-10(9)16(18)19/h3-4,7H,5-6,14H2,1-2H3,(H,15,17). The van der Waals surface area contributed by atoms with Crippen LogP contribution in [0.3, 0.4) is 0 Å². The van der Waals surface area contributed by atoms with Crippen LogP contribution in [0.1, 0.15) is 26.7 Å². The molecule has 1 amide bonds. The van der Waals surface area contributed by atoms with Crippen molar-refractivity contribution >= 4 is 28.9 Å². The van der Waals surface area contributed by atoms with Crippen LogP contribution in [0.5, 0.6) is 0 Å². The lowest BCUT2D eigenvalue weighted by atomic mass is 10.00. The minimum atomic E-state index is -0.571. The van der Waals surface area contributed by atoms with Gasteiger partial charge in [0.1, 0.15) is 5.69 Å². The van der Waals surface area contributed by atoms with E-state index in [4.69, 9.17) is 17.3 Å². The van der Waals surface area contributed by atoms with Crippen molar-refractivity contribution in [1.29, 1.82) is 0 Å². The van der Waals surface area contributed by atoms with Gasteiger partial charge in [0.05, 0.1) is 4.92 Å². The summed E-state index contributed by atoms with van der Waals surface area (Å²) in [5, 5.41) is 13.6. The van der Waals surface area contributed by atoms with Crippen molar-refractivity contribution in [3.63, 3.8) is 0 Å². The van der Waals surface area contributed by atoms with Gasteiger partial charge in [-0.3, -0.25) is 14.9 Å². The molecule has 1 rings (SSSR count). The maximum absolute atomic E-state index is 11.7. The van der Waals surface area contributed by atoms with Crippen LogP contribution in [-0.2, 0) is 4.79 Å². The van der Waals surface area contributed by atoms with E-state index >= 15 is 0 Å². The predicted octanol–water partition coefficient (Wildman–Crippen LogP) is 2.70. The summed E-state index contributed by atoms with van der Waals surface area (Å²) in [4.78, 5) is 22.0. The topological polar surface area (TPSA) is 98.3 Å². The van der Waals surface area contributed by atoms with Crippen LogP contribution < -0.4 is 11.1 Å². The van der Waals surface area contributed by atoms with Crippen molar-refractivity contribution in [2.45, 2.75) is 32.2 Å². The van der Waals surface area contributed by atoms with Crippen LogP contribution in [0, 0.1) is 10.1 Å². The number of carbonyl (C=O) groups excluding carboxylic acids is 1. The number of nitro benzene ring substituents is 1. The number of amides is 1. The number of rotatable bonds is 5. The molecule has 0 atom stereocenters. The SMILES string of the molecule is CC(C)(N)CCC(=O)Nc1cc(Cl)ccc1[N+](=O)[O-]. The number of benzene rings is 1. The van der Waals surface area contributed by atoms with Gasteiger partial charge in [-0.05, 0) is 32.4 Å². The molecular weight excluding hydrogens is 270 g/mol. The third-order valence-corrected chi connectivity index (χ3v) is 2.66. The van der Waals surface area contributed by atoms with E-state index in [-0.39, 0.29) is 23.7 Å². The van der Waals surface area contributed by atoms with E-state index in [2.05, 4.69) is 5.32 Å². The third kappa shape index (κ3) is 5.23. The molecule has 0 aliphatic heterocycles. The van der Waals surface area contributed by atoms with E-state index in [0.717, 1.165) is 0 Å². The fourth-order valence-corrected chi connectivity index (χ4v) is 1.59. The molecule has 1 aromatic carbocycles. The molecule has 0 aliphatic carbocycles. The Balaban J connectivity index is 2.78. The highest BCUT2D eigenvalue weighted by molar-refractivity contribution is 6.31. The number of halogens is 1. The van der Waals surface area contributed by atoms with Crippen LogP contribution in [0.2, 0.25) is 5.02 Å². The second kappa shape index (κ2) is 5.99. The predicted molar refractivity (Wildman–Crippen MR) is 74.2 cm³/mol. The van der Waals surface area contributed by atoms with Gasteiger partial charge in [-0.25, -0.2) is 0 Å². The molecule has 3 N–H and O–H groups in total. The first-order valence-electron chi connectivity index (χ1n) is 5.72. The summed E-state index contributed by atoms with van der Waals surface area (Å²) in [6, 6.07) is 4.01. The van der Waals surface area contributed by atoms with Crippen LogP contribution in [0.4, 0.5) is 11.4 Å². The van der Waals surface area contributed by atoms with Gasteiger partial charge in [-0.1, -0.05) is 11.6 Å². The zero-order chi connectivity index (χ0) is 14.6. The summed E-state index contributed by atoms with van der Waals surface area (Å²) in [5.74, 6) is -0.330. The quantitative estimate of drug-likeness (QED) is 0.642. The van der Waals surface area contributed by atoms with Crippen molar-refractivity contribution in [3.05, 3.63) is 33.3 Å². The lowest BCUT2D eigenvalue weighted by molar-refractivity contribution is -0.383. The summed E-state index contributed by atoms with van der Waals surface area (Å²) in [6.45, 7) is 3.62. The number of nitrogens with two attached hydrogens (primary N) is 1. The summed E-state index contributed by atoms with van der Waals surface area (Å²) in [5.41, 5.74) is 5.21. The third-order valence-electron chi connectivity index (χ3n) is 2.43. The number of nitrogens with one attached hydrogen (secondary N) is 1. The van der Waals surface area contributed by atoms with Crippen molar-refractivity contribution in [2.75, 3.05) is 5.32 Å². The van der Waals surface area contributed by atoms with E-state index in [0.29, 0.717) is 11.4 Å². The normalized spacial score (nSPS) is 11.2. The van der Waals surface area contributed by atoms with E-state index in [9.17, 15) is 14.9 Å². The lowest BCUT2D eigenvalue weighted by Crippen LogP contribution is -2.33. The van der Waals surface area contributed by atoms with Crippen molar-refractivity contribution < 1.29 is 9.72 Å². The fraction of sp³-hybridized carbons (Fsp3) is 0.417. The number of nitro groups is 1. The minimum Gasteiger partial charge on any atom is -0.326 e.